The van der Waals surface area contributed by atoms with Gasteiger partial charge in [-0.15, -0.1) is 0 Å². The maximum atomic E-state index is 8.18. The minimum Gasteiger partial charge on any atom is -0.324 e. The smallest absolute Gasteiger partial charge is 0.176 e. The van der Waals surface area contributed by atoms with Crippen LogP contribution in [0, 0.1) is 11.5 Å². The fraction of sp³-hybridized carbons (Fsp3) is 0.875. The summed E-state index contributed by atoms with van der Waals surface area (Å²) in [5.41, 5.74) is 0. The van der Waals surface area contributed by atoms with Gasteiger partial charge in [-0.3, -0.25) is 0 Å². The fourth-order valence-corrected chi connectivity index (χ4v) is 1.45. The van der Waals surface area contributed by atoms with E-state index in [2.05, 4.69) is 10.2 Å². The van der Waals surface area contributed by atoms with Crippen LogP contribution in [0.15, 0.2) is 0 Å². The Morgan fingerprint density at radius 2 is 2.09 bits per heavy atom. The molecule has 3 heteroatoms. The summed E-state index contributed by atoms with van der Waals surface area (Å²) in [5, 5.41) is 10.8. The second-order valence-electron chi connectivity index (χ2n) is 2.94. The Morgan fingerprint density at radius 3 is 2.73 bits per heavy atom. The molecule has 0 radical (unpaired) electrons. The lowest BCUT2D eigenvalue weighted by molar-refractivity contribution is 0.334. The normalized spacial score (nSPS) is 18.1. The van der Waals surface area contributed by atoms with Crippen LogP contribution in [0.4, 0.5) is 0 Å². The Balaban J connectivity index is 1.90. The van der Waals surface area contributed by atoms with Crippen molar-refractivity contribution in [3.05, 3.63) is 0 Å². The van der Waals surface area contributed by atoms with Crippen molar-refractivity contribution in [1.82, 2.24) is 10.2 Å². The molecule has 1 N–H and O–H groups in total. The van der Waals surface area contributed by atoms with E-state index in [1.807, 2.05) is 6.19 Å². The van der Waals surface area contributed by atoms with E-state index in [0.29, 0.717) is 0 Å². The standard InChI is InChI=1S/C8H15N3/c9-8-10-4-3-7-11-5-1-2-6-11/h10H,1-7H2. The van der Waals surface area contributed by atoms with Gasteiger partial charge in [0.15, 0.2) is 6.19 Å². The maximum absolute atomic E-state index is 8.18. The summed E-state index contributed by atoms with van der Waals surface area (Å²) in [4.78, 5) is 2.46. The predicted molar refractivity (Wildman–Crippen MR) is 43.9 cm³/mol. The highest BCUT2D eigenvalue weighted by molar-refractivity contribution is 4.68. The molecular weight excluding hydrogens is 138 g/mol. The van der Waals surface area contributed by atoms with Crippen molar-refractivity contribution >= 4 is 0 Å². The lowest BCUT2D eigenvalue weighted by Gasteiger charge is -2.12. The molecule has 0 aromatic heterocycles. The third kappa shape index (κ3) is 3.24. The van der Waals surface area contributed by atoms with Crippen LogP contribution >= 0.6 is 0 Å². The quantitative estimate of drug-likeness (QED) is 0.364. The zero-order valence-corrected chi connectivity index (χ0v) is 6.84. The van der Waals surface area contributed by atoms with Gasteiger partial charge in [0, 0.05) is 6.54 Å². The monoisotopic (exact) mass is 153 g/mol. The Kier molecular flexibility index (Phi) is 3.77. The summed E-state index contributed by atoms with van der Waals surface area (Å²) < 4.78 is 0. The van der Waals surface area contributed by atoms with Gasteiger partial charge in [0.2, 0.25) is 0 Å². The van der Waals surface area contributed by atoms with E-state index < -0.39 is 0 Å². The molecule has 0 saturated carbocycles. The Bertz CT molecular complexity index is 133. The number of hydrogen-bond acceptors (Lipinski definition) is 3. The van der Waals surface area contributed by atoms with E-state index in [9.17, 15) is 0 Å². The predicted octanol–water partition coefficient (Wildman–Crippen LogP) is 0.543. The lowest BCUT2D eigenvalue weighted by atomic mass is 10.4. The summed E-state index contributed by atoms with van der Waals surface area (Å²) >= 11 is 0. The second kappa shape index (κ2) is 4.97. The minimum atomic E-state index is 0.826. The van der Waals surface area contributed by atoms with Gasteiger partial charge in [-0.2, -0.15) is 5.26 Å². The molecule has 0 atom stereocenters. The largest absolute Gasteiger partial charge is 0.324 e. The first kappa shape index (κ1) is 8.35. The van der Waals surface area contributed by atoms with Crippen LogP contribution in [0.3, 0.4) is 0 Å². The number of nitriles is 1. The van der Waals surface area contributed by atoms with Gasteiger partial charge in [0.05, 0.1) is 0 Å². The van der Waals surface area contributed by atoms with Crippen LogP contribution < -0.4 is 5.32 Å². The summed E-state index contributed by atoms with van der Waals surface area (Å²) in [7, 11) is 0. The van der Waals surface area contributed by atoms with Crippen molar-refractivity contribution in [2.45, 2.75) is 19.3 Å². The summed E-state index contributed by atoms with van der Waals surface area (Å²) in [5.74, 6) is 0. The van der Waals surface area contributed by atoms with Crippen LogP contribution in [0.1, 0.15) is 19.3 Å². The van der Waals surface area contributed by atoms with Gasteiger partial charge < -0.3 is 10.2 Å². The third-order valence-corrected chi connectivity index (χ3v) is 2.05. The lowest BCUT2D eigenvalue weighted by Crippen LogP contribution is -2.23. The van der Waals surface area contributed by atoms with E-state index >= 15 is 0 Å². The SMILES string of the molecule is N#CNCCCN1CCCC1. The molecular formula is C8H15N3. The number of nitrogens with zero attached hydrogens (tertiary/aromatic N) is 2. The average molecular weight is 153 g/mol. The molecule has 1 aliphatic rings. The molecule has 0 amide bonds. The van der Waals surface area contributed by atoms with Crippen LogP contribution in [-0.4, -0.2) is 31.1 Å². The zero-order chi connectivity index (χ0) is 7.94. The molecule has 0 aromatic rings. The van der Waals surface area contributed by atoms with Gasteiger partial charge in [-0.1, -0.05) is 0 Å². The molecule has 1 aliphatic heterocycles. The highest BCUT2D eigenvalue weighted by Crippen LogP contribution is 2.06. The van der Waals surface area contributed by atoms with Gasteiger partial charge in [0.25, 0.3) is 0 Å². The van der Waals surface area contributed by atoms with Crippen LogP contribution in [0.25, 0.3) is 0 Å². The number of rotatable bonds is 4. The van der Waals surface area contributed by atoms with E-state index in [0.717, 1.165) is 19.5 Å². The van der Waals surface area contributed by atoms with E-state index in [-0.39, 0.29) is 0 Å². The van der Waals surface area contributed by atoms with Gasteiger partial charge in [-0.05, 0) is 38.9 Å². The number of likely N-dealkylation sites (tertiary alicyclic amines) is 1. The van der Waals surface area contributed by atoms with Crippen molar-refractivity contribution in [2.75, 3.05) is 26.2 Å². The van der Waals surface area contributed by atoms with E-state index in [1.165, 1.54) is 25.9 Å². The Hall–Kier alpha value is -0.750. The molecule has 0 aromatic carbocycles. The summed E-state index contributed by atoms with van der Waals surface area (Å²) in [6.45, 7) is 4.49. The highest BCUT2D eigenvalue weighted by atomic mass is 15.1. The minimum absolute atomic E-state index is 0.826. The van der Waals surface area contributed by atoms with Gasteiger partial charge >= 0.3 is 0 Å². The molecule has 1 heterocycles. The average Bonchev–Trinajstić information content (AvgIpc) is 2.50. The third-order valence-electron chi connectivity index (χ3n) is 2.05. The van der Waals surface area contributed by atoms with Crippen molar-refractivity contribution in [1.29, 1.82) is 5.26 Å². The molecule has 62 valence electrons. The highest BCUT2D eigenvalue weighted by Gasteiger charge is 2.09. The second-order valence-corrected chi connectivity index (χ2v) is 2.94. The molecule has 0 bridgehead atoms. The van der Waals surface area contributed by atoms with Crippen molar-refractivity contribution in [3.8, 4) is 6.19 Å². The van der Waals surface area contributed by atoms with Crippen LogP contribution in [0.5, 0.6) is 0 Å². The molecule has 0 unspecified atom stereocenters. The van der Waals surface area contributed by atoms with Crippen molar-refractivity contribution < 1.29 is 0 Å². The Labute approximate surface area is 68.0 Å². The zero-order valence-electron chi connectivity index (χ0n) is 6.84. The molecule has 3 nitrogen and oxygen atoms in total. The topological polar surface area (TPSA) is 39.1 Å². The molecule has 0 aliphatic carbocycles. The maximum Gasteiger partial charge on any atom is 0.176 e. The molecule has 0 spiro atoms. The van der Waals surface area contributed by atoms with E-state index in [1.54, 1.807) is 0 Å². The summed E-state index contributed by atoms with van der Waals surface area (Å²) in [6, 6.07) is 0. The fourth-order valence-electron chi connectivity index (χ4n) is 1.45. The van der Waals surface area contributed by atoms with Gasteiger partial charge in [-0.25, -0.2) is 0 Å². The Morgan fingerprint density at radius 1 is 1.36 bits per heavy atom. The van der Waals surface area contributed by atoms with Crippen molar-refractivity contribution in [3.63, 3.8) is 0 Å². The van der Waals surface area contributed by atoms with Gasteiger partial charge in [0.1, 0.15) is 0 Å². The molecule has 11 heavy (non-hydrogen) atoms. The van der Waals surface area contributed by atoms with Crippen LogP contribution in [-0.2, 0) is 0 Å². The molecule has 1 fully saturated rings. The first-order chi connectivity index (χ1) is 5.43. The van der Waals surface area contributed by atoms with E-state index in [4.69, 9.17) is 5.26 Å². The summed E-state index contributed by atoms with van der Waals surface area (Å²) in [6.07, 6.45) is 5.72. The number of nitrogens with one attached hydrogen (secondary N) is 1. The van der Waals surface area contributed by atoms with Crippen LogP contribution in [0.2, 0.25) is 0 Å². The first-order valence-corrected chi connectivity index (χ1v) is 4.28. The van der Waals surface area contributed by atoms with Crippen molar-refractivity contribution in [2.24, 2.45) is 0 Å². The number of hydrogen-bond donors (Lipinski definition) is 1. The molecule has 1 rings (SSSR count). The first-order valence-electron chi connectivity index (χ1n) is 4.28. The molecule has 1 saturated heterocycles.